The van der Waals surface area contributed by atoms with Gasteiger partial charge in [-0.2, -0.15) is 0 Å². The lowest BCUT2D eigenvalue weighted by molar-refractivity contribution is -0.119. The highest BCUT2D eigenvalue weighted by Gasteiger charge is 2.21. The zero-order chi connectivity index (χ0) is 13.0. The summed E-state index contributed by atoms with van der Waals surface area (Å²) in [4.78, 5) is 16.0. The van der Waals surface area contributed by atoms with Gasteiger partial charge in [0.05, 0.1) is 11.9 Å². The van der Waals surface area contributed by atoms with Crippen molar-refractivity contribution in [2.24, 2.45) is 11.8 Å². The molecule has 1 heterocycles. The van der Waals surface area contributed by atoms with Crippen LogP contribution in [0.1, 0.15) is 39.0 Å². The van der Waals surface area contributed by atoms with E-state index in [1.807, 2.05) is 6.92 Å². The van der Waals surface area contributed by atoms with E-state index in [0.717, 1.165) is 12.3 Å². The van der Waals surface area contributed by atoms with Crippen LogP contribution in [0.4, 0.5) is 11.5 Å². The average Bonchev–Trinajstić information content (AvgIpc) is 2.85. The number of nitrogens with two attached hydrogens (primary N) is 1. The van der Waals surface area contributed by atoms with E-state index in [0.29, 0.717) is 11.5 Å². The minimum Gasteiger partial charge on any atom is -0.384 e. The number of nitrogen functional groups attached to an aromatic ring is 1. The smallest absolute Gasteiger partial charge is 0.227 e. The molecule has 0 saturated heterocycles. The summed E-state index contributed by atoms with van der Waals surface area (Å²) in [6, 6.07) is 3.47. The van der Waals surface area contributed by atoms with Crippen molar-refractivity contribution in [3.63, 3.8) is 0 Å². The summed E-state index contributed by atoms with van der Waals surface area (Å²) < 4.78 is 0. The molecule has 1 atom stereocenters. The number of amides is 1. The van der Waals surface area contributed by atoms with Gasteiger partial charge in [-0.1, -0.05) is 32.6 Å². The van der Waals surface area contributed by atoms with E-state index in [2.05, 4.69) is 10.3 Å². The third-order valence-electron chi connectivity index (χ3n) is 3.66. The Morgan fingerprint density at radius 1 is 1.50 bits per heavy atom. The Labute approximate surface area is 108 Å². The van der Waals surface area contributed by atoms with E-state index >= 15 is 0 Å². The van der Waals surface area contributed by atoms with Crippen molar-refractivity contribution in [2.75, 3.05) is 11.1 Å². The van der Waals surface area contributed by atoms with Crippen molar-refractivity contribution >= 4 is 17.4 Å². The van der Waals surface area contributed by atoms with Crippen LogP contribution in [-0.4, -0.2) is 10.9 Å². The molecule has 1 fully saturated rings. The number of hydrogen-bond acceptors (Lipinski definition) is 3. The van der Waals surface area contributed by atoms with E-state index in [1.54, 1.807) is 18.3 Å². The molecule has 1 unspecified atom stereocenters. The van der Waals surface area contributed by atoms with Crippen LogP contribution in [-0.2, 0) is 4.79 Å². The van der Waals surface area contributed by atoms with E-state index in [4.69, 9.17) is 5.73 Å². The average molecular weight is 247 g/mol. The van der Waals surface area contributed by atoms with E-state index in [-0.39, 0.29) is 11.8 Å². The molecule has 98 valence electrons. The van der Waals surface area contributed by atoms with Crippen LogP contribution in [0.2, 0.25) is 0 Å². The number of nitrogens with zero attached hydrogens (tertiary/aromatic N) is 1. The Morgan fingerprint density at radius 3 is 2.83 bits per heavy atom. The zero-order valence-electron chi connectivity index (χ0n) is 10.9. The molecule has 4 heteroatoms. The van der Waals surface area contributed by atoms with Crippen LogP contribution in [0.15, 0.2) is 18.3 Å². The first-order valence-electron chi connectivity index (χ1n) is 6.67. The Hall–Kier alpha value is -1.58. The molecule has 18 heavy (non-hydrogen) atoms. The Balaban J connectivity index is 1.84. The van der Waals surface area contributed by atoms with Gasteiger partial charge in [0.15, 0.2) is 0 Å². The molecule has 1 aromatic heterocycles. The van der Waals surface area contributed by atoms with Crippen molar-refractivity contribution in [3.05, 3.63) is 18.3 Å². The summed E-state index contributed by atoms with van der Waals surface area (Å²) in [5.74, 6) is 1.33. The lowest BCUT2D eigenvalue weighted by Gasteiger charge is -2.16. The Bertz CT molecular complexity index is 396. The second kappa shape index (κ2) is 5.85. The molecular weight excluding hydrogens is 226 g/mol. The van der Waals surface area contributed by atoms with Crippen molar-refractivity contribution in [2.45, 2.75) is 39.0 Å². The SMILES string of the molecule is CC(CC1CCCC1)C(=O)Nc1ccc(N)nc1. The summed E-state index contributed by atoms with van der Waals surface area (Å²) in [7, 11) is 0. The van der Waals surface area contributed by atoms with Crippen LogP contribution in [0.25, 0.3) is 0 Å². The quantitative estimate of drug-likeness (QED) is 0.859. The van der Waals surface area contributed by atoms with Gasteiger partial charge in [-0.05, 0) is 24.5 Å². The molecule has 0 radical (unpaired) electrons. The number of aromatic nitrogens is 1. The first-order chi connectivity index (χ1) is 8.65. The normalized spacial score (nSPS) is 17.6. The van der Waals surface area contributed by atoms with Crippen LogP contribution in [0, 0.1) is 11.8 Å². The molecule has 3 N–H and O–H groups in total. The van der Waals surface area contributed by atoms with Gasteiger partial charge in [0, 0.05) is 5.92 Å². The summed E-state index contributed by atoms with van der Waals surface area (Å²) in [6.07, 6.45) is 7.79. The first-order valence-corrected chi connectivity index (χ1v) is 6.67. The van der Waals surface area contributed by atoms with Crippen molar-refractivity contribution in [3.8, 4) is 0 Å². The molecule has 1 aliphatic rings. The van der Waals surface area contributed by atoms with Gasteiger partial charge in [-0.15, -0.1) is 0 Å². The van der Waals surface area contributed by atoms with E-state index < -0.39 is 0 Å². The van der Waals surface area contributed by atoms with Crippen LogP contribution in [0.3, 0.4) is 0 Å². The first kappa shape index (κ1) is 12.9. The highest BCUT2D eigenvalue weighted by molar-refractivity contribution is 5.92. The molecule has 1 saturated carbocycles. The van der Waals surface area contributed by atoms with Gasteiger partial charge in [-0.25, -0.2) is 4.98 Å². The molecule has 1 aromatic rings. The van der Waals surface area contributed by atoms with Crippen molar-refractivity contribution in [1.29, 1.82) is 0 Å². The van der Waals surface area contributed by atoms with Gasteiger partial charge in [0.1, 0.15) is 5.82 Å². The van der Waals surface area contributed by atoms with Crippen molar-refractivity contribution < 1.29 is 4.79 Å². The molecule has 0 bridgehead atoms. The summed E-state index contributed by atoms with van der Waals surface area (Å²) in [6.45, 7) is 2.00. The fourth-order valence-electron chi connectivity index (χ4n) is 2.60. The standard InChI is InChI=1S/C14H21N3O/c1-10(8-11-4-2-3-5-11)14(18)17-12-6-7-13(15)16-9-12/h6-7,9-11H,2-5,8H2,1H3,(H2,15,16)(H,17,18). The number of rotatable bonds is 4. The fraction of sp³-hybridized carbons (Fsp3) is 0.571. The zero-order valence-corrected chi connectivity index (χ0v) is 10.9. The van der Waals surface area contributed by atoms with Crippen molar-refractivity contribution in [1.82, 2.24) is 4.98 Å². The van der Waals surface area contributed by atoms with Crippen LogP contribution >= 0.6 is 0 Å². The highest BCUT2D eigenvalue weighted by Crippen LogP contribution is 2.30. The molecule has 0 aliphatic heterocycles. The molecule has 0 aromatic carbocycles. The topological polar surface area (TPSA) is 68.0 Å². The second-order valence-corrected chi connectivity index (χ2v) is 5.25. The van der Waals surface area contributed by atoms with Crippen LogP contribution in [0.5, 0.6) is 0 Å². The summed E-state index contributed by atoms with van der Waals surface area (Å²) in [5.41, 5.74) is 6.22. The molecule has 2 rings (SSSR count). The summed E-state index contributed by atoms with van der Waals surface area (Å²) >= 11 is 0. The van der Waals surface area contributed by atoms with Gasteiger partial charge in [0.25, 0.3) is 0 Å². The minimum atomic E-state index is 0.0608. The number of pyridine rings is 1. The maximum absolute atomic E-state index is 12.0. The molecule has 1 amide bonds. The highest BCUT2D eigenvalue weighted by atomic mass is 16.1. The third-order valence-corrected chi connectivity index (χ3v) is 3.66. The predicted molar refractivity (Wildman–Crippen MR) is 73.0 cm³/mol. The maximum atomic E-state index is 12.0. The van der Waals surface area contributed by atoms with E-state index in [1.165, 1.54) is 25.7 Å². The number of nitrogens with one attached hydrogen (secondary N) is 1. The molecule has 1 aliphatic carbocycles. The monoisotopic (exact) mass is 247 g/mol. The van der Waals surface area contributed by atoms with Gasteiger partial charge >= 0.3 is 0 Å². The summed E-state index contributed by atoms with van der Waals surface area (Å²) in [5, 5.41) is 2.89. The third kappa shape index (κ3) is 3.45. The van der Waals surface area contributed by atoms with Gasteiger partial charge in [0.2, 0.25) is 5.91 Å². The number of hydrogen-bond donors (Lipinski definition) is 2. The van der Waals surface area contributed by atoms with Gasteiger partial charge < -0.3 is 11.1 Å². The molecule has 0 spiro atoms. The number of anilines is 2. The van der Waals surface area contributed by atoms with E-state index in [9.17, 15) is 4.79 Å². The molecule has 4 nitrogen and oxygen atoms in total. The maximum Gasteiger partial charge on any atom is 0.227 e. The number of carbonyl (C=O) groups excluding carboxylic acids is 1. The van der Waals surface area contributed by atoms with Crippen LogP contribution < -0.4 is 11.1 Å². The minimum absolute atomic E-state index is 0.0608. The second-order valence-electron chi connectivity index (χ2n) is 5.25. The largest absolute Gasteiger partial charge is 0.384 e. The Kier molecular flexibility index (Phi) is 4.18. The fourth-order valence-corrected chi connectivity index (χ4v) is 2.60. The molecular formula is C14H21N3O. The lowest BCUT2D eigenvalue weighted by Crippen LogP contribution is -2.22. The predicted octanol–water partition coefficient (Wildman–Crippen LogP) is 2.82. The lowest BCUT2D eigenvalue weighted by atomic mass is 9.94. The number of carbonyl (C=O) groups is 1. The Morgan fingerprint density at radius 2 is 2.22 bits per heavy atom. The van der Waals surface area contributed by atoms with Gasteiger partial charge in [-0.3, -0.25) is 4.79 Å².